The zero-order valence-corrected chi connectivity index (χ0v) is 42.1. The highest BCUT2D eigenvalue weighted by Crippen LogP contribution is 2.50. The van der Waals surface area contributed by atoms with E-state index in [1.54, 1.807) is 0 Å². The number of rotatable bonds is 7. The third kappa shape index (κ3) is 7.90. The predicted molar refractivity (Wildman–Crippen MR) is 302 cm³/mol. The average molecular weight is 908 g/mol. The Morgan fingerprint density at radius 1 is 0.314 bits per heavy atom. The molecule has 2 aliphatic rings. The maximum Gasteiger partial charge on any atom is 0.253 e. The molecule has 11 rings (SSSR count). The fourth-order valence-electron chi connectivity index (χ4n) is 10.8. The fourth-order valence-corrected chi connectivity index (χ4v) is 10.8. The van der Waals surface area contributed by atoms with Gasteiger partial charge in [0.25, 0.3) is 6.71 Å². The Balaban J connectivity index is 1.33. The van der Waals surface area contributed by atoms with Crippen molar-refractivity contribution in [3.63, 3.8) is 0 Å². The van der Waals surface area contributed by atoms with E-state index in [0.717, 1.165) is 34.1 Å². The zero-order chi connectivity index (χ0) is 48.5. The van der Waals surface area contributed by atoms with E-state index in [2.05, 4.69) is 289 Å². The molecule has 70 heavy (non-hydrogen) atoms. The molecule has 0 unspecified atom stereocenters. The molecular formula is C66H62BN3. The molecule has 0 bridgehead atoms. The van der Waals surface area contributed by atoms with Crippen molar-refractivity contribution in [1.29, 1.82) is 0 Å². The molecule has 2 heterocycles. The van der Waals surface area contributed by atoms with Crippen LogP contribution in [0.25, 0.3) is 22.3 Å². The summed E-state index contributed by atoms with van der Waals surface area (Å²) in [5.41, 5.74) is 22.8. The Labute approximate surface area is 416 Å². The topological polar surface area (TPSA) is 9.72 Å². The van der Waals surface area contributed by atoms with Crippen LogP contribution in [0.2, 0.25) is 0 Å². The van der Waals surface area contributed by atoms with E-state index in [1.807, 2.05) is 0 Å². The van der Waals surface area contributed by atoms with Crippen LogP contribution in [0, 0.1) is 0 Å². The minimum Gasteiger partial charge on any atom is -0.311 e. The van der Waals surface area contributed by atoms with Gasteiger partial charge >= 0.3 is 0 Å². The van der Waals surface area contributed by atoms with E-state index in [1.165, 1.54) is 72.4 Å². The average Bonchev–Trinajstić information content (AvgIpc) is 3.36. The Morgan fingerprint density at radius 3 is 1.13 bits per heavy atom. The molecule has 0 fully saturated rings. The maximum absolute atomic E-state index is 2.62. The fraction of sp³-hybridized carbons (Fsp3) is 0.182. The summed E-state index contributed by atoms with van der Waals surface area (Å²) in [5, 5.41) is 0. The Morgan fingerprint density at radius 2 is 0.714 bits per heavy atom. The lowest BCUT2D eigenvalue weighted by atomic mass is 9.32. The molecule has 0 spiro atoms. The summed E-state index contributed by atoms with van der Waals surface area (Å²) in [6.07, 6.45) is 0. The van der Waals surface area contributed by atoms with E-state index in [4.69, 9.17) is 0 Å². The van der Waals surface area contributed by atoms with Gasteiger partial charge in [-0.15, -0.1) is 0 Å². The van der Waals surface area contributed by atoms with Gasteiger partial charge in [-0.1, -0.05) is 202 Å². The van der Waals surface area contributed by atoms with E-state index in [9.17, 15) is 0 Å². The SMILES string of the molecule is CC(C)(C)c1ccc(N2c3cccc(-c4ccccc4)c3B3c4c(-c5ccccc5)cccc4N(c4cc(C(C)(C)C)cc(C(C)(C)C)c4)c4cc(N(c5ccccc5)c5ccccc5)cc2c43)cc1. The van der Waals surface area contributed by atoms with Crippen LogP contribution < -0.4 is 31.1 Å². The third-order valence-electron chi connectivity index (χ3n) is 14.5. The normalized spacial score (nSPS) is 13.1. The number of para-hydroxylation sites is 2. The first kappa shape index (κ1) is 44.9. The molecule has 2 aliphatic heterocycles. The van der Waals surface area contributed by atoms with E-state index < -0.39 is 0 Å². The summed E-state index contributed by atoms with van der Waals surface area (Å²) in [6, 6.07) is 79.5. The van der Waals surface area contributed by atoms with Gasteiger partial charge in [-0.2, -0.15) is 0 Å². The first-order valence-electron chi connectivity index (χ1n) is 25.0. The number of fused-ring (bicyclic) bond motifs is 4. The lowest BCUT2D eigenvalue weighted by Crippen LogP contribution is -2.62. The number of hydrogen-bond donors (Lipinski definition) is 0. The quantitative estimate of drug-likeness (QED) is 0.148. The van der Waals surface area contributed by atoms with E-state index in [0.29, 0.717) is 0 Å². The molecule has 4 heteroatoms. The molecule has 9 aromatic rings. The lowest BCUT2D eigenvalue weighted by molar-refractivity contribution is 0.569. The van der Waals surface area contributed by atoms with Crippen molar-refractivity contribution in [2.45, 2.75) is 78.6 Å². The molecule has 3 nitrogen and oxygen atoms in total. The van der Waals surface area contributed by atoms with Crippen molar-refractivity contribution in [3.05, 3.63) is 229 Å². The van der Waals surface area contributed by atoms with Crippen LogP contribution in [0.5, 0.6) is 0 Å². The van der Waals surface area contributed by atoms with Gasteiger partial charge in [-0.3, -0.25) is 0 Å². The third-order valence-corrected chi connectivity index (χ3v) is 14.5. The number of hydrogen-bond acceptors (Lipinski definition) is 3. The monoisotopic (exact) mass is 908 g/mol. The summed E-state index contributed by atoms with van der Waals surface area (Å²) >= 11 is 0. The minimum absolute atomic E-state index is 0.000407. The predicted octanol–water partition coefficient (Wildman–Crippen LogP) is 16.5. The molecule has 344 valence electrons. The van der Waals surface area contributed by atoms with Gasteiger partial charge in [0, 0.05) is 45.5 Å². The lowest BCUT2D eigenvalue weighted by Gasteiger charge is -2.46. The van der Waals surface area contributed by atoms with Crippen LogP contribution in [0.1, 0.15) is 79.0 Å². The van der Waals surface area contributed by atoms with Gasteiger partial charge in [0.05, 0.1) is 5.69 Å². The molecule has 0 aromatic heterocycles. The first-order chi connectivity index (χ1) is 33.6. The molecule has 0 aliphatic carbocycles. The van der Waals surface area contributed by atoms with Crippen LogP contribution in [-0.4, -0.2) is 6.71 Å². The van der Waals surface area contributed by atoms with Gasteiger partial charge in [-0.05, 0) is 144 Å². The highest BCUT2D eigenvalue weighted by Gasteiger charge is 2.46. The highest BCUT2D eigenvalue weighted by molar-refractivity contribution is 7.02. The number of anilines is 9. The molecule has 0 saturated heterocycles. The number of benzene rings is 9. The Bertz CT molecular complexity index is 3290. The molecule has 9 aromatic carbocycles. The molecular weight excluding hydrogens is 846 g/mol. The summed E-state index contributed by atoms with van der Waals surface area (Å²) in [4.78, 5) is 7.63. The second kappa shape index (κ2) is 17.1. The van der Waals surface area contributed by atoms with Crippen molar-refractivity contribution < 1.29 is 0 Å². The summed E-state index contributed by atoms with van der Waals surface area (Å²) in [5.74, 6) is 0. The molecule has 0 radical (unpaired) electrons. The highest BCUT2D eigenvalue weighted by atomic mass is 15.2. The second-order valence-electron chi connectivity index (χ2n) is 22.3. The summed E-state index contributed by atoms with van der Waals surface area (Å²) < 4.78 is 0. The van der Waals surface area contributed by atoms with Gasteiger partial charge in [-0.25, -0.2) is 0 Å². The number of nitrogens with zero attached hydrogens (tertiary/aromatic N) is 3. The largest absolute Gasteiger partial charge is 0.311 e. The van der Waals surface area contributed by atoms with Gasteiger partial charge in [0.15, 0.2) is 0 Å². The first-order valence-corrected chi connectivity index (χ1v) is 25.0. The van der Waals surface area contributed by atoms with Crippen molar-refractivity contribution in [2.75, 3.05) is 14.7 Å². The Hall–Kier alpha value is -7.56. The smallest absolute Gasteiger partial charge is 0.253 e. The van der Waals surface area contributed by atoms with Crippen LogP contribution in [-0.2, 0) is 16.2 Å². The van der Waals surface area contributed by atoms with Crippen LogP contribution in [0.15, 0.2) is 212 Å². The summed E-state index contributed by atoms with van der Waals surface area (Å²) in [6.45, 7) is 20.8. The minimum atomic E-state index is -0.131. The van der Waals surface area contributed by atoms with Crippen LogP contribution in [0.4, 0.5) is 51.2 Å². The zero-order valence-electron chi connectivity index (χ0n) is 42.1. The van der Waals surface area contributed by atoms with Crippen LogP contribution >= 0.6 is 0 Å². The summed E-state index contributed by atoms with van der Waals surface area (Å²) in [7, 11) is 0. The van der Waals surface area contributed by atoms with Crippen molar-refractivity contribution in [1.82, 2.24) is 0 Å². The Kier molecular flexibility index (Phi) is 11.0. The van der Waals surface area contributed by atoms with Crippen molar-refractivity contribution >= 4 is 74.3 Å². The van der Waals surface area contributed by atoms with E-state index >= 15 is 0 Å². The molecule has 0 N–H and O–H groups in total. The van der Waals surface area contributed by atoms with Crippen LogP contribution in [0.3, 0.4) is 0 Å². The molecule has 0 amide bonds. The van der Waals surface area contributed by atoms with Crippen molar-refractivity contribution in [3.8, 4) is 22.3 Å². The van der Waals surface area contributed by atoms with E-state index in [-0.39, 0.29) is 23.0 Å². The maximum atomic E-state index is 2.62. The standard InChI is InChI=1S/C66H62BN3/c1-64(2,3)47-36-38-52(39-37-47)69-57-34-22-32-55(45-24-14-10-15-25-45)61(57)67-62-56(46-26-16-11-17-27-46)33-23-35-58(62)70(53-41-48(65(4,5)6)40-49(42-53)66(7,8)9)60-44-54(43-59(69)63(60)67)68(50-28-18-12-19-29-50)51-30-20-13-21-31-51/h10-44H,1-9H3. The van der Waals surface area contributed by atoms with Gasteiger partial charge in [0.2, 0.25) is 0 Å². The van der Waals surface area contributed by atoms with Crippen molar-refractivity contribution in [2.24, 2.45) is 0 Å². The molecule has 0 atom stereocenters. The van der Waals surface area contributed by atoms with Gasteiger partial charge < -0.3 is 14.7 Å². The second-order valence-corrected chi connectivity index (χ2v) is 22.3. The van der Waals surface area contributed by atoms with Gasteiger partial charge in [0.1, 0.15) is 0 Å². The molecule has 0 saturated carbocycles.